The number of rotatable bonds is 2. The largest absolute Gasteiger partial charge is 0.481 e. The van der Waals surface area contributed by atoms with Crippen molar-refractivity contribution in [1.82, 2.24) is 4.57 Å². The molecule has 2 unspecified atom stereocenters. The molecule has 0 fully saturated rings. The summed E-state index contributed by atoms with van der Waals surface area (Å²) in [5.41, 5.74) is 3.06. The molecule has 1 aromatic heterocycles. The van der Waals surface area contributed by atoms with E-state index in [2.05, 4.69) is 0 Å². The van der Waals surface area contributed by atoms with E-state index in [-0.39, 0.29) is 11.8 Å². The minimum absolute atomic E-state index is 0.0519. The average Bonchev–Trinajstić information content (AvgIpc) is 2.96. The number of carboxylic acids is 1. The van der Waals surface area contributed by atoms with Crippen LogP contribution in [0, 0.1) is 5.92 Å². The summed E-state index contributed by atoms with van der Waals surface area (Å²) >= 11 is 0. The first-order valence-corrected chi connectivity index (χ1v) is 8.54. The molecular formula is C21H19NO3. The van der Waals surface area contributed by atoms with E-state index in [1.165, 1.54) is 0 Å². The maximum atomic E-state index is 13.2. The molecule has 0 aliphatic heterocycles. The maximum Gasteiger partial charge on any atom is 0.311 e. The molecule has 1 heterocycles. The highest BCUT2D eigenvalue weighted by atomic mass is 16.4. The average molecular weight is 333 g/mol. The van der Waals surface area contributed by atoms with Gasteiger partial charge in [0.1, 0.15) is 0 Å². The fourth-order valence-corrected chi connectivity index (χ4v) is 4.04. The Balaban J connectivity index is 2.01. The second kappa shape index (κ2) is 5.88. The van der Waals surface area contributed by atoms with Gasteiger partial charge in [0.25, 0.3) is 5.91 Å². The number of carboxylic acid groups (broad SMARTS) is 1. The molecule has 4 rings (SSSR count). The van der Waals surface area contributed by atoms with Crippen molar-refractivity contribution in [3.63, 3.8) is 0 Å². The van der Waals surface area contributed by atoms with Crippen molar-refractivity contribution in [2.24, 2.45) is 5.92 Å². The lowest BCUT2D eigenvalue weighted by Crippen LogP contribution is -2.27. The highest BCUT2D eigenvalue weighted by Crippen LogP contribution is 2.42. The Bertz CT molecular complexity index is 971. The zero-order valence-electron chi connectivity index (χ0n) is 14.0. The molecule has 1 aliphatic rings. The minimum Gasteiger partial charge on any atom is -0.481 e. The van der Waals surface area contributed by atoms with Crippen LogP contribution in [0.15, 0.2) is 54.6 Å². The lowest BCUT2D eigenvalue weighted by atomic mass is 9.77. The third-order valence-corrected chi connectivity index (χ3v) is 5.22. The van der Waals surface area contributed by atoms with Crippen LogP contribution in [-0.2, 0) is 11.2 Å². The predicted octanol–water partition coefficient (Wildman–Crippen LogP) is 4.08. The molecule has 2 atom stereocenters. The monoisotopic (exact) mass is 333 g/mol. The zero-order valence-corrected chi connectivity index (χ0v) is 14.0. The van der Waals surface area contributed by atoms with Crippen molar-refractivity contribution in [3.05, 3.63) is 71.4 Å². The van der Waals surface area contributed by atoms with Gasteiger partial charge >= 0.3 is 5.97 Å². The van der Waals surface area contributed by atoms with Crippen molar-refractivity contribution < 1.29 is 14.7 Å². The lowest BCUT2D eigenvalue weighted by molar-refractivity contribution is -0.140. The zero-order chi connectivity index (χ0) is 17.6. The van der Waals surface area contributed by atoms with E-state index in [1.807, 2.05) is 49.4 Å². The third-order valence-electron chi connectivity index (χ3n) is 5.22. The molecular weight excluding hydrogens is 314 g/mol. The normalized spacial score (nSPS) is 19.6. The van der Waals surface area contributed by atoms with E-state index >= 15 is 0 Å². The summed E-state index contributed by atoms with van der Waals surface area (Å²) in [5, 5.41) is 10.7. The molecule has 0 amide bonds. The van der Waals surface area contributed by atoms with Gasteiger partial charge in [-0.15, -0.1) is 0 Å². The van der Waals surface area contributed by atoms with E-state index in [0.717, 1.165) is 28.6 Å². The van der Waals surface area contributed by atoms with Crippen LogP contribution in [0.4, 0.5) is 0 Å². The summed E-state index contributed by atoms with van der Waals surface area (Å²) in [7, 11) is 0. The van der Waals surface area contributed by atoms with Crippen molar-refractivity contribution in [2.45, 2.75) is 25.7 Å². The fraction of sp³-hybridized carbons (Fsp3) is 0.238. The van der Waals surface area contributed by atoms with Gasteiger partial charge in [0.15, 0.2) is 0 Å². The van der Waals surface area contributed by atoms with E-state index < -0.39 is 11.9 Å². The van der Waals surface area contributed by atoms with Gasteiger partial charge < -0.3 is 5.11 Å². The standard InChI is InChI=1S/C21H19NO3/c1-13-11-12-17-19(18(13)21(24)25)15-9-5-6-10-16(15)22(17)20(23)14-7-3-2-4-8-14/h2-10,13,18H,11-12H2,1H3,(H,24,25). The molecule has 0 saturated carbocycles. The van der Waals surface area contributed by atoms with Crippen molar-refractivity contribution in [2.75, 3.05) is 0 Å². The summed E-state index contributed by atoms with van der Waals surface area (Å²) < 4.78 is 1.72. The Hall–Kier alpha value is -2.88. The summed E-state index contributed by atoms with van der Waals surface area (Å²) in [6.07, 6.45) is 1.48. The van der Waals surface area contributed by atoms with Crippen molar-refractivity contribution >= 4 is 22.8 Å². The van der Waals surface area contributed by atoms with Crippen LogP contribution in [0.5, 0.6) is 0 Å². The predicted molar refractivity (Wildman–Crippen MR) is 96.0 cm³/mol. The Morgan fingerprint density at radius 1 is 1.04 bits per heavy atom. The molecule has 0 saturated heterocycles. The second-order valence-electron chi connectivity index (χ2n) is 6.72. The molecule has 4 nitrogen and oxygen atoms in total. The Morgan fingerprint density at radius 3 is 2.44 bits per heavy atom. The first-order valence-electron chi connectivity index (χ1n) is 8.54. The van der Waals surface area contributed by atoms with E-state index in [9.17, 15) is 14.7 Å². The summed E-state index contributed by atoms with van der Waals surface area (Å²) in [5.74, 6) is -1.44. The van der Waals surface area contributed by atoms with Gasteiger partial charge in [0.05, 0.1) is 11.4 Å². The minimum atomic E-state index is -0.816. The van der Waals surface area contributed by atoms with Crippen molar-refractivity contribution in [3.8, 4) is 0 Å². The third kappa shape index (κ3) is 2.37. The molecule has 1 aliphatic carbocycles. The van der Waals surface area contributed by atoms with Gasteiger partial charge in [0.2, 0.25) is 0 Å². The fourth-order valence-electron chi connectivity index (χ4n) is 4.04. The summed E-state index contributed by atoms with van der Waals surface area (Å²) in [6.45, 7) is 1.98. The number of nitrogens with zero attached hydrogens (tertiary/aromatic N) is 1. The molecule has 2 aromatic carbocycles. The van der Waals surface area contributed by atoms with Crippen LogP contribution in [-0.4, -0.2) is 21.6 Å². The number of fused-ring (bicyclic) bond motifs is 3. The van der Waals surface area contributed by atoms with Crippen LogP contribution < -0.4 is 0 Å². The number of carbonyl (C=O) groups excluding carboxylic acids is 1. The van der Waals surface area contributed by atoms with Gasteiger partial charge in [-0.05, 0) is 42.5 Å². The Morgan fingerprint density at radius 2 is 1.72 bits per heavy atom. The molecule has 25 heavy (non-hydrogen) atoms. The van der Waals surface area contributed by atoms with Crippen LogP contribution in [0.3, 0.4) is 0 Å². The number of aliphatic carboxylic acids is 1. The number of aromatic nitrogens is 1. The van der Waals surface area contributed by atoms with Gasteiger partial charge in [0, 0.05) is 16.6 Å². The van der Waals surface area contributed by atoms with Crippen LogP contribution in [0.2, 0.25) is 0 Å². The van der Waals surface area contributed by atoms with Crippen LogP contribution >= 0.6 is 0 Å². The quantitative estimate of drug-likeness (QED) is 0.769. The first kappa shape index (κ1) is 15.6. The highest BCUT2D eigenvalue weighted by molar-refractivity contribution is 6.05. The maximum absolute atomic E-state index is 13.2. The van der Waals surface area contributed by atoms with Crippen LogP contribution in [0.25, 0.3) is 10.9 Å². The van der Waals surface area contributed by atoms with E-state index in [4.69, 9.17) is 0 Å². The molecule has 3 aromatic rings. The number of hydrogen-bond acceptors (Lipinski definition) is 2. The number of benzene rings is 2. The topological polar surface area (TPSA) is 59.3 Å². The summed E-state index contributed by atoms with van der Waals surface area (Å²) in [6, 6.07) is 16.8. The summed E-state index contributed by atoms with van der Waals surface area (Å²) in [4.78, 5) is 25.1. The Labute approximate surface area is 145 Å². The SMILES string of the molecule is CC1CCc2c(c3ccccc3n2C(=O)c2ccccc2)C1C(=O)O. The number of carbonyl (C=O) groups is 2. The lowest BCUT2D eigenvalue weighted by Gasteiger charge is -2.27. The molecule has 0 bridgehead atoms. The van der Waals surface area contributed by atoms with Gasteiger partial charge in [-0.2, -0.15) is 0 Å². The van der Waals surface area contributed by atoms with Gasteiger partial charge in [-0.3, -0.25) is 14.2 Å². The van der Waals surface area contributed by atoms with Gasteiger partial charge in [-0.1, -0.05) is 43.3 Å². The molecule has 1 N–H and O–H groups in total. The number of hydrogen-bond donors (Lipinski definition) is 1. The van der Waals surface area contributed by atoms with Gasteiger partial charge in [-0.25, -0.2) is 0 Å². The smallest absolute Gasteiger partial charge is 0.311 e. The molecule has 0 radical (unpaired) electrons. The van der Waals surface area contributed by atoms with E-state index in [0.29, 0.717) is 12.0 Å². The number of para-hydroxylation sites is 1. The van der Waals surface area contributed by atoms with E-state index in [1.54, 1.807) is 16.7 Å². The molecule has 0 spiro atoms. The molecule has 4 heteroatoms. The van der Waals surface area contributed by atoms with Crippen LogP contribution in [0.1, 0.15) is 40.9 Å². The van der Waals surface area contributed by atoms with Crippen molar-refractivity contribution in [1.29, 1.82) is 0 Å². The Kier molecular flexibility index (Phi) is 3.68. The highest BCUT2D eigenvalue weighted by Gasteiger charge is 2.37. The first-order chi connectivity index (χ1) is 12.1. The molecule has 126 valence electrons. The second-order valence-corrected chi connectivity index (χ2v) is 6.72.